The highest BCUT2D eigenvalue weighted by Crippen LogP contribution is 2.61. The van der Waals surface area contributed by atoms with Gasteiger partial charge in [-0.25, -0.2) is 0 Å². The van der Waals surface area contributed by atoms with Crippen LogP contribution < -0.4 is 0 Å². The van der Waals surface area contributed by atoms with Gasteiger partial charge in [-0.1, -0.05) is 30.4 Å². The zero-order chi connectivity index (χ0) is 15.5. The van der Waals surface area contributed by atoms with Crippen molar-refractivity contribution in [2.75, 3.05) is 0 Å². The Labute approximate surface area is 133 Å². The summed E-state index contributed by atoms with van der Waals surface area (Å²) in [6.07, 6.45) is 13.7. The van der Waals surface area contributed by atoms with Crippen molar-refractivity contribution >= 4 is 5.78 Å². The average Bonchev–Trinajstić information content (AvgIpc) is 2.88. The summed E-state index contributed by atoms with van der Waals surface area (Å²) in [6, 6.07) is 0. The van der Waals surface area contributed by atoms with E-state index in [1.54, 1.807) is 0 Å². The van der Waals surface area contributed by atoms with Gasteiger partial charge in [0.1, 0.15) is 0 Å². The van der Waals surface area contributed by atoms with Gasteiger partial charge in [-0.15, -0.1) is 6.42 Å². The minimum atomic E-state index is -0.248. The first-order valence-corrected chi connectivity index (χ1v) is 8.91. The molecule has 22 heavy (non-hydrogen) atoms. The molecule has 6 atom stereocenters. The second-order valence-electron chi connectivity index (χ2n) is 8.34. The molecule has 2 saturated carbocycles. The van der Waals surface area contributed by atoms with Gasteiger partial charge in [-0.3, -0.25) is 4.79 Å². The Bertz CT molecular complexity index is 581. The highest BCUT2D eigenvalue weighted by atomic mass is 16.3. The van der Waals surface area contributed by atoms with E-state index < -0.39 is 0 Å². The van der Waals surface area contributed by atoms with Crippen molar-refractivity contribution in [1.29, 1.82) is 0 Å². The van der Waals surface area contributed by atoms with Crippen LogP contribution in [0, 0.1) is 41.4 Å². The molecule has 0 radical (unpaired) electrons. The third-order valence-corrected chi connectivity index (χ3v) is 7.32. The lowest BCUT2D eigenvalue weighted by Crippen LogP contribution is -2.48. The van der Waals surface area contributed by atoms with Crippen LogP contribution in [0.5, 0.6) is 0 Å². The number of hydrogen-bond acceptors (Lipinski definition) is 2. The largest absolute Gasteiger partial charge is 0.392 e. The van der Waals surface area contributed by atoms with Crippen LogP contribution in [0.3, 0.4) is 0 Å². The highest BCUT2D eigenvalue weighted by Gasteiger charge is 2.54. The van der Waals surface area contributed by atoms with Gasteiger partial charge in [0.05, 0.1) is 12.0 Å². The van der Waals surface area contributed by atoms with Gasteiger partial charge in [-0.2, -0.15) is 0 Å². The molecule has 0 aliphatic heterocycles. The summed E-state index contributed by atoms with van der Waals surface area (Å²) in [5.41, 5.74) is 3.13. The van der Waals surface area contributed by atoms with E-state index in [1.165, 1.54) is 43.3 Å². The van der Waals surface area contributed by atoms with E-state index in [0.717, 1.165) is 6.42 Å². The molecule has 2 unspecified atom stereocenters. The first kappa shape index (κ1) is 14.5. The Hall–Kier alpha value is -1.07. The highest BCUT2D eigenvalue weighted by molar-refractivity contribution is 5.87. The van der Waals surface area contributed by atoms with Crippen LogP contribution in [-0.2, 0) is 4.79 Å². The van der Waals surface area contributed by atoms with Crippen molar-refractivity contribution in [3.63, 3.8) is 0 Å². The molecule has 1 N–H and O–H groups in total. The number of aliphatic hydroxyl groups excluding tert-OH is 1. The van der Waals surface area contributed by atoms with Gasteiger partial charge in [0.15, 0.2) is 5.78 Å². The number of carbonyl (C=O) groups excluding carboxylic acids is 1. The van der Waals surface area contributed by atoms with E-state index >= 15 is 0 Å². The molecule has 0 bridgehead atoms. The van der Waals surface area contributed by atoms with Gasteiger partial charge in [-0.05, 0) is 61.7 Å². The van der Waals surface area contributed by atoms with Crippen molar-refractivity contribution in [3.05, 3.63) is 11.1 Å². The molecule has 0 aromatic rings. The van der Waals surface area contributed by atoms with Crippen LogP contribution in [-0.4, -0.2) is 17.0 Å². The van der Waals surface area contributed by atoms with Crippen molar-refractivity contribution < 1.29 is 9.90 Å². The Balaban J connectivity index is 1.70. The van der Waals surface area contributed by atoms with Crippen molar-refractivity contribution in [3.8, 4) is 12.3 Å². The molecule has 0 amide bonds. The van der Waals surface area contributed by atoms with Crippen molar-refractivity contribution in [2.24, 2.45) is 29.1 Å². The monoisotopic (exact) mass is 298 g/mol. The summed E-state index contributed by atoms with van der Waals surface area (Å²) in [4.78, 5) is 12.1. The molecule has 0 aromatic carbocycles. The molecule has 4 aliphatic carbocycles. The molecule has 2 fully saturated rings. The third kappa shape index (κ3) is 1.95. The predicted octanol–water partition coefficient (Wildman–Crippen LogP) is 3.49. The van der Waals surface area contributed by atoms with E-state index in [9.17, 15) is 9.90 Å². The van der Waals surface area contributed by atoms with Gasteiger partial charge >= 0.3 is 0 Å². The maximum absolute atomic E-state index is 12.1. The number of carbonyl (C=O) groups is 1. The molecule has 2 nitrogen and oxygen atoms in total. The molecule has 0 spiro atoms. The van der Waals surface area contributed by atoms with E-state index in [2.05, 4.69) is 12.8 Å². The van der Waals surface area contributed by atoms with Crippen LogP contribution >= 0.6 is 0 Å². The first-order valence-electron chi connectivity index (χ1n) is 8.91. The topological polar surface area (TPSA) is 37.3 Å². The maximum Gasteiger partial charge on any atom is 0.152 e. The Kier molecular flexibility index (Phi) is 3.28. The second-order valence-corrected chi connectivity index (χ2v) is 8.34. The lowest BCUT2D eigenvalue weighted by molar-refractivity contribution is -0.121. The fourth-order valence-electron chi connectivity index (χ4n) is 6.21. The lowest BCUT2D eigenvalue weighted by Gasteiger charge is -2.52. The Morgan fingerprint density at radius 2 is 2.09 bits per heavy atom. The third-order valence-electron chi connectivity index (χ3n) is 7.32. The summed E-state index contributed by atoms with van der Waals surface area (Å²) in [5.74, 6) is 4.23. The number of aliphatic hydroxyl groups is 1. The smallest absolute Gasteiger partial charge is 0.152 e. The molecular weight excluding hydrogens is 272 g/mol. The summed E-state index contributed by atoms with van der Waals surface area (Å²) in [6.45, 7) is 2.44. The minimum Gasteiger partial charge on any atom is -0.392 e. The predicted molar refractivity (Wildman–Crippen MR) is 85.9 cm³/mol. The number of rotatable bonds is 0. The SMILES string of the molecule is C#CC1CC2=C(CC1=O)CC(O)[C@@H]1[C@@H]2CC[C@]2(C)CCC[C@@H]12. The van der Waals surface area contributed by atoms with Gasteiger partial charge in [0.2, 0.25) is 0 Å². The van der Waals surface area contributed by atoms with E-state index in [1.807, 2.05) is 0 Å². The number of terminal acetylenes is 1. The Morgan fingerprint density at radius 3 is 2.86 bits per heavy atom. The molecule has 2 heteroatoms. The normalized spacial score (nSPS) is 47.5. The minimum absolute atomic E-state index is 0.188. The molecule has 0 heterocycles. The van der Waals surface area contributed by atoms with Crippen molar-refractivity contribution in [2.45, 2.75) is 64.4 Å². The molecule has 0 saturated heterocycles. The number of ketones is 1. The number of Topliss-reactive ketones (excluding diaryl/α,β-unsaturated/α-hetero) is 1. The summed E-state index contributed by atoms with van der Waals surface area (Å²) >= 11 is 0. The van der Waals surface area contributed by atoms with Gasteiger partial charge in [0.25, 0.3) is 0 Å². The van der Waals surface area contributed by atoms with Gasteiger partial charge < -0.3 is 5.11 Å². The molecular formula is C20H26O2. The fourth-order valence-corrected chi connectivity index (χ4v) is 6.21. The number of fused-ring (bicyclic) bond motifs is 4. The Morgan fingerprint density at radius 1 is 1.27 bits per heavy atom. The van der Waals surface area contributed by atoms with Gasteiger partial charge in [0, 0.05) is 6.42 Å². The van der Waals surface area contributed by atoms with Crippen LogP contribution in [0.15, 0.2) is 11.1 Å². The number of hydrogen-bond donors (Lipinski definition) is 1. The molecule has 118 valence electrons. The standard InChI is InChI=1S/C20H26O2/c1-3-12-9-15-13(10-17(12)21)11-18(22)19-14(15)6-8-20(2)7-4-5-16(19)20/h1,12,14,16,18-19,22H,4-11H2,2H3/t12?,14-,16+,18?,19-,20+/m1/s1. The quantitative estimate of drug-likeness (QED) is 0.549. The summed E-state index contributed by atoms with van der Waals surface area (Å²) < 4.78 is 0. The molecule has 0 aromatic heterocycles. The van der Waals surface area contributed by atoms with E-state index in [-0.39, 0.29) is 17.8 Å². The van der Waals surface area contributed by atoms with Crippen LogP contribution in [0.1, 0.15) is 58.3 Å². The summed E-state index contributed by atoms with van der Waals surface area (Å²) in [5, 5.41) is 10.8. The fraction of sp³-hybridized carbons (Fsp3) is 0.750. The zero-order valence-corrected chi connectivity index (χ0v) is 13.5. The summed E-state index contributed by atoms with van der Waals surface area (Å²) in [7, 11) is 0. The molecule has 4 aliphatic rings. The first-order chi connectivity index (χ1) is 10.5. The van der Waals surface area contributed by atoms with Crippen LogP contribution in [0.25, 0.3) is 0 Å². The molecule has 4 rings (SSSR count). The van der Waals surface area contributed by atoms with Crippen LogP contribution in [0.2, 0.25) is 0 Å². The lowest BCUT2D eigenvalue weighted by atomic mass is 9.53. The van der Waals surface area contributed by atoms with E-state index in [4.69, 9.17) is 6.42 Å². The van der Waals surface area contributed by atoms with Crippen LogP contribution in [0.4, 0.5) is 0 Å². The maximum atomic E-state index is 12.1. The zero-order valence-electron chi connectivity index (χ0n) is 13.5. The second kappa shape index (κ2) is 4.96. The van der Waals surface area contributed by atoms with Crippen molar-refractivity contribution in [1.82, 2.24) is 0 Å². The average molecular weight is 298 g/mol. The van der Waals surface area contributed by atoms with E-state index in [0.29, 0.717) is 36.0 Å². The number of allylic oxidation sites excluding steroid dienone is 1.